The molecule has 3 aromatic rings. The van der Waals surface area contributed by atoms with Crippen LogP contribution in [0.2, 0.25) is 0 Å². The molecule has 1 heterocycles. The molecule has 1 N–H and O–H groups in total. The summed E-state index contributed by atoms with van der Waals surface area (Å²) in [5, 5.41) is 11.8. The highest BCUT2D eigenvalue weighted by atomic mass is 16.1. The molecule has 25 heavy (non-hydrogen) atoms. The van der Waals surface area contributed by atoms with E-state index in [1.54, 1.807) is 30.5 Å². The van der Waals surface area contributed by atoms with Crippen molar-refractivity contribution in [1.29, 1.82) is 5.26 Å². The third-order valence-corrected chi connectivity index (χ3v) is 3.94. The maximum absolute atomic E-state index is 12.9. The summed E-state index contributed by atoms with van der Waals surface area (Å²) < 4.78 is 0. The van der Waals surface area contributed by atoms with Gasteiger partial charge in [-0.3, -0.25) is 9.78 Å². The third kappa shape index (κ3) is 4.30. The molecule has 0 radical (unpaired) electrons. The first-order chi connectivity index (χ1) is 12.3. The van der Waals surface area contributed by atoms with E-state index in [2.05, 4.69) is 16.4 Å². The standard InChI is InChI=1S/C21H17N3O/c22-15-16-9-11-18(12-10-16)24-21(25)20(17-6-2-1-3-7-17)14-19-8-4-5-13-23-19/h1-13,20H,14H2,(H,24,25). The van der Waals surface area contributed by atoms with Gasteiger partial charge < -0.3 is 5.32 Å². The normalized spacial score (nSPS) is 11.3. The molecule has 0 spiro atoms. The summed E-state index contributed by atoms with van der Waals surface area (Å²) in [6, 6.07) is 24.3. The van der Waals surface area contributed by atoms with Crippen LogP contribution in [-0.2, 0) is 11.2 Å². The fourth-order valence-corrected chi connectivity index (χ4v) is 2.63. The van der Waals surface area contributed by atoms with E-state index in [1.807, 2.05) is 48.5 Å². The lowest BCUT2D eigenvalue weighted by Crippen LogP contribution is -2.23. The molecular formula is C21H17N3O. The van der Waals surface area contributed by atoms with Gasteiger partial charge in [-0.1, -0.05) is 36.4 Å². The molecule has 1 unspecified atom stereocenters. The van der Waals surface area contributed by atoms with Crippen LogP contribution in [-0.4, -0.2) is 10.9 Å². The van der Waals surface area contributed by atoms with Crippen molar-refractivity contribution in [3.63, 3.8) is 0 Å². The number of nitrogens with one attached hydrogen (secondary N) is 1. The van der Waals surface area contributed by atoms with Gasteiger partial charge in [0.05, 0.1) is 17.6 Å². The van der Waals surface area contributed by atoms with E-state index in [9.17, 15) is 4.79 Å². The number of amides is 1. The number of nitriles is 1. The van der Waals surface area contributed by atoms with Gasteiger partial charge in [-0.05, 0) is 42.0 Å². The van der Waals surface area contributed by atoms with Crippen molar-refractivity contribution in [3.05, 3.63) is 95.8 Å². The Balaban J connectivity index is 1.82. The topological polar surface area (TPSA) is 65.8 Å². The van der Waals surface area contributed by atoms with Crippen molar-refractivity contribution in [2.75, 3.05) is 5.32 Å². The first kappa shape index (κ1) is 16.4. The number of anilines is 1. The fraction of sp³-hybridized carbons (Fsp3) is 0.0952. The van der Waals surface area contributed by atoms with Gasteiger partial charge in [0, 0.05) is 24.0 Å². The van der Waals surface area contributed by atoms with Crippen LogP contribution in [0.15, 0.2) is 79.0 Å². The molecule has 1 amide bonds. The number of carbonyl (C=O) groups is 1. The van der Waals surface area contributed by atoms with Crippen LogP contribution in [0, 0.1) is 11.3 Å². The number of pyridine rings is 1. The van der Waals surface area contributed by atoms with Crippen molar-refractivity contribution in [2.24, 2.45) is 0 Å². The fourth-order valence-electron chi connectivity index (χ4n) is 2.63. The molecule has 2 aromatic carbocycles. The Morgan fingerprint density at radius 2 is 1.72 bits per heavy atom. The second-order valence-corrected chi connectivity index (χ2v) is 5.67. The van der Waals surface area contributed by atoms with Gasteiger partial charge in [0.25, 0.3) is 0 Å². The lowest BCUT2D eigenvalue weighted by Gasteiger charge is -2.17. The van der Waals surface area contributed by atoms with Crippen LogP contribution in [0.1, 0.15) is 22.7 Å². The maximum atomic E-state index is 12.9. The number of aromatic nitrogens is 1. The molecule has 0 aliphatic heterocycles. The molecular weight excluding hydrogens is 310 g/mol. The summed E-state index contributed by atoms with van der Waals surface area (Å²) in [5.41, 5.74) is 3.04. The van der Waals surface area contributed by atoms with E-state index in [-0.39, 0.29) is 11.8 Å². The van der Waals surface area contributed by atoms with Crippen molar-refractivity contribution in [2.45, 2.75) is 12.3 Å². The van der Waals surface area contributed by atoms with Gasteiger partial charge in [0.15, 0.2) is 0 Å². The summed E-state index contributed by atoms with van der Waals surface area (Å²) in [5.74, 6) is -0.437. The minimum atomic E-state index is -0.341. The molecule has 1 aromatic heterocycles. The second kappa shape index (κ2) is 7.89. The zero-order valence-corrected chi connectivity index (χ0v) is 13.6. The molecule has 0 aliphatic carbocycles. The number of hydrogen-bond donors (Lipinski definition) is 1. The first-order valence-electron chi connectivity index (χ1n) is 8.02. The van der Waals surface area contributed by atoms with Crippen LogP contribution in [0.5, 0.6) is 0 Å². The first-order valence-corrected chi connectivity index (χ1v) is 8.02. The average molecular weight is 327 g/mol. The third-order valence-electron chi connectivity index (χ3n) is 3.94. The molecule has 0 bridgehead atoms. The van der Waals surface area contributed by atoms with Gasteiger partial charge in [-0.25, -0.2) is 0 Å². The van der Waals surface area contributed by atoms with Crippen LogP contribution >= 0.6 is 0 Å². The lowest BCUT2D eigenvalue weighted by molar-refractivity contribution is -0.117. The van der Waals surface area contributed by atoms with E-state index in [0.717, 1.165) is 11.3 Å². The van der Waals surface area contributed by atoms with Crippen molar-refractivity contribution in [3.8, 4) is 6.07 Å². The maximum Gasteiger partial charge on any atom is 0.232 e. The highest BCUT2D eigenvalue weighted by molar-refractivity contribution is 5.96. The summed E-state index contributed by atoms with van der Waals surface area (Å²) >= 11 is 0. The number of benzene rings is 2. The van der Waals surface area contributed by atoms with E-state index in [0.29, 0.717) is 17.7 Å². The largest absolute Gasteiger partial charge is 0.326 e. The molecule has 3 rings (SSSR count). The SMILES string of the molecule is N#Cc1ccc(NC(=O)C(Cc2ccccn2)c2ccccc2)cc1. The van der Waals surface area contributed by atoms with E-state index in [1.165, 1.54) is 0 Å². The van der Waals surface area contributed by atoms with E-state index >= 15 is 0 Å². The predicted molar refractivity (Wildman–Crippen MR) is 96.9 cm³/mol. The highest BCUT2D eigenvalue weighted by Crippen LogP contribution is 2.22. The Bertz CT molecular complexity index is 869. The van der Waals surface area contributed by atoms with Crippen LogP contribution in [0.3, 0.4) is 0 Å². The zero-order valence-electron chi connectivity index (χ0n) is 13.6. The predicted octanol–water partition coefficient (Wildman–Crippen LogP) is 3.92. The number of rotatable bonds is 5. The number of hydrogen-bond acceptors (Lipinski definition) is 3. The van der Waals surface area contributed by atoms with E-state index < -0.39 is 0 Å². The van der Waals surface area contributed by atoms with Crippen LogP contribution in [0.25, 0.3) is 0 Å². The molecule has 0 aliphatic rings. The summed E-state index contributed by atoms with van der Waals surface area (Å²) in [4.78, 5) is 17.2. The molecule has 0 saturated heterocycles. The number of nitrogens with zero attached hydrogens (tertiary/aromatic N) is 2. The van der Waals surface area contributed by atoms with Crippen molar-refractivity contribution < 1.29 is 4.79 Å². The quantitative estimate of drug-likeness (QED) is 0.772. The molecule has 4 heteroatoms. The molecule has 0 fully saturated rings. The van der Waals surface area contributed by atoms with Gasteiger partial charge in [0.2, 0.25) is 5.91 Å². The van der Waals surface area contributed by atoms with Gasteiger partial charge in [0.1, 0.15) is 0 Å². The Labute approximate surface area is 146 Å². The highest BCUT2D eigenvalue weighted by Gasteiger charge is 2.21. The monoisotopic (exact) mass is 327 g/mol. The lowest BCUT2D eigenvalue weighted by atomic mass is 9.93. The summed E-state index contributed by atoms with van der Waals surface area (Å²) in [6.07, 6.45) is 2.25. The van der Waals surface area contributed by atoms with Gasteiger partial charge >= 0.3 is 0 Å². The van der Waals surface area contributed by atoms with Crippen LogP contribution < -0.4 is 5.32 Å². The molecule has 1 atom stereocenters. The molecule has 4 nitrogen and oxygen atoms in total. The Hall–Kier alpha value is -3.45. The van der Waals surface area contributed by atoms with Crippen LogP contribution in [0.4, 0.5) is 5.69 Å². The Morgan fingerprint density at radius 1 is 1.00 bits per heavy atom. The Kier molecular flexibility index (Phi) is 5.18. The average Bonchev–Trinajstić information content (AvgIpc) is 2.68. The van der Waals surface area contributed by atoms with Crippen molar-refractivity contribution >= 4 is 11.6 Å². The second-order valence-electron chi connectivity index (χ2n) is 5.67. The summed E-state index contributed by atoms with van der Waals surface area (Å²) in [7, 11) is 0. The van der Waals surface area contributed by atoms with Gasteiger partial charge in [-0.15, -0.1) is 0 Å². The van der Waals surface area contributed by atoms with E-state index in [4.69, 9.17) is 5.26 Å². The Morgan fingerprint density at radius 3 is 2.36 bits per heavy atom. The zero-order chi connectivity index (χ0) is 17.5. The minimum absolute atomic E-state index is 0.0958. The molecule has 0 saturated carbocycles. The van der Waals surface area contributed by atoms with Gasteiger partial charge in [-0.2, -0.15) is 5.26 Å². The minimum Gasteiger partial charge on any atom is -0.326 e. The number of carbonyl (C=O) groups excluding carboxylic acids is 1. The van der Waals surface area contributed by atoms with Crippen molar-refractivity contribution in [1.82, 2.24) is 4.98 Å². The molecule has 122 valence electrons. The smallest absolute Gasteiger partial charge is 0.232 e. The summed E-state index contributed by atoms with van der Waals surface area (Å²) in [6.45, 7) is 0.